The average molecular weight is 487 g/mol. The van der Waals surface area contributed by atoms with Gasteiger partial charge in [0.2, 0.25) is 5.89 Å². The molecule has 0 spiro atoms. The Morgan fingerprint density at radius 1 is 0.914 bits per heavy atom. The fraction of sp³-hybridized carbons (Fsp3) is 0.0769. The van der Waals surface area contributed by atoms with E-state index in [9.17, 15) is 9.18 Å². The van der Waals surface area contributed by atoms with Gasteiger partial charge in [-0.1, -0.05) is 60.3 Å². The third kappa shape index (κ3) is 5.30. The van der Waals surface area contributed by atoms with Gasteiger partial charge in [0, 0.05) is 16.8 Å². The van der Waals surface area contributed by atoms with Crippen LogP contribution in [-0.4, -0.2) is 31.5 Å². The van der Waals surface area contributed by atoms with E-state index < -0.39 is 5.97 Å². The Morgan fingerprint density at radius 3 is 2.37 bits per heavy atom. The molecule has 0 amide bonds. The molecular formula is C26H19FN4O3S. The van der Waals surface area contributed by atoms with Gasteiger partial charge < -0.3 is 9.15 Å². The molecule has 5 aromatic rings. The maximum Gasteiger partial charge on any atom is 0.316 e. The molecule has 2 heterocycles. The normalized spacial score (nSPS) is 10.9. The Labute approximate surface area is 204 Å². The summed E-state index contributed by atoms with van der Waals surface area (Å²) in [6.45, 7) is -0.0710. The van der Waals surface area contributed by atoms with Crippen LogP contribution in [0.5, 0.6) is 0 Å². The minimum atomic E-state index is -0.444. The monoisotopic (exact) mass is 486 g/mol. The van der Waals surface area contributed by atoms with Crippen molar-refractivity contribution in [1.82, 2.24) is 19.7 Å². The Balaban J connectivity index is 1.27. The molecule has 2 aromatic heterocycles. The summed E-state index contributed by atoms with van der Waals surface area (Å²) >= 11 is 1.20. The average Bonchev–Trinajstić information content (AvgIpc) is 3.55. The predicted octanol–water partition coefficient (Wildman–Crippen LogP) is 5.56. The smallest absolute Gasteiger partial charge is 0.316 e. The van der Waals surface area contributed by atoms with Gasteiger partial charge in [-0.3, -0.25) is 9.36 Å². The van der Waals surface area contributed by atoms with E-state index in [-0.39, 0.29) is 18.2 Å². The van der Waals surface area contributed by atoms with Gasteiger partial charge in [0.1, 0.15) is 5.82 Å². The lowest BCUT2D eigenvalue weighted by Gasteiger charge is -2.10. The fourth-order valence-electron chi connectivity index (χ4n) is 3.38. The number of halogens is 1. The number of oxazole rings is 1. The fourth-order valence-corrected chi connectivity index (χ4v) is 4.13. The first kappa shape index (κ1) is 22.5. The number of hydrogen-bond donors (Lipinski definition) is 0. The van der Waals surface area contributed by atoms with Gasteiger partial charge >= 0.3 is 5.97 Å². The number of thioether (sulfide) groups is 1. The number of para-hydroxylation sites is 1. The minimum Gasteiger partial charge on any atom is -0.455 e. The van der Waals surface area contributed by atoms with Gasteiger partial charge in [-0.2, -0.15) is 0 Å². The highest BCUT2D eigenvalue weighted by Crippen LogP contribution is 2.28. The van der Waals surface area contributed by atoms with E-state index in [1.54, 1.807) is 18.3 Å². The molecule has 0 fully saturated rings. The van der Waals surface area contributed by atoms with Gasteiger partial charge in [0.15, 0.2) is 23.3 Å². The minimum absolute atomic E-state index is 0.0145. The van der Waals surface area contributed by atoms with E-state index in [0.717, 1.165) is 11.3 Å². The van der Waals surface area contributed by atoms with Crippen molar-refractivity contribution in [3.8, 4) is 28.4 Å². The summed E-state index contributed by atoms with van der Waals surface area (Å²) in [5.74, 6) is 0.698. The lowest BCUT2D eigenvalue weighted by Crippen LogP contribution is -2.08. The van der Waals surface area contributed by atoms with Crippen LogP contribution < -0.4 is 0 Å². The second-order valence-corrected chi connectivity index (χ2v) is 8.36. The number of carbonyl (C=O) groups excluding carboxylic acids is 1. The Hall–Kier alpha value is -4.24. The van der Waals surface area contributed by atoms with Crippen LogP contribution in [-0.2, 0) is 16.1 Å². The van der Waals surface area contributed by atoms with Gasteiger partial charge in [-0.05, 0) is 36.4 Å². The summed E-state index contributed by atoms with van der Waals surface area (Å²) in [5.41, 5.74) is 2.42. The number of benzene rings is 3. The molecule has 0 aliphatic rings. The summed E-state index contributed by atoms with van der Waals surface area (Å²) in [4.78, 5) is 16.6. The predicted molar refractivity (Wildman–Crippen MR) is 129 cm³/mol. The van der Waals surface area contributed by atoms with Crippen molar-refractivity contribution in [2.45, 2.75) is 11.8 Å². The molecule has 0 aliphatic carbocycles. The van der Waals surface area contributed by atoms with Gasteiger partial charge in [0.05, 0.1) is 11.9 Å². The van der Waals surface area contributed by atoms with Crippen molar-refractivity contribution in [3.63, 3.8) is 0 Å². The molecular weight excluding hydrogens is 467 g/mol. The Bertz CT molecular complexity index is 1420. The zero-order valence-corrected chi connectivity index (χ0v) is 19.2. The SMILES string of the molecule is O=C(CSc1nnc(-c2ccc(F)cc2)n1-c1ccccc1)OCc1ncc(-c2ccccc2)o1. The van der Waals surface area contributed by atoms with Crippen LogP contribution in [0.1, 0.15) is 5.89 Å². The van der Waals surface area contributed by atoms with Crippen LogP contribution in [0.15, 0.2) is 101 Å². The Kier molecular flexibility index (Phi) is 6.67. The molecule has 0 atom stereocenters. The van der Waals surface area contributed by atoms with E-state index in [0.29, 0.717) is 28.2 Å². The van der Waals surface area contributed by atoms with Crippen molar-refractivity contribution in [2.75, 3.05) is 5.75 Å². The first-order valence-corrected chi connectivity index (χ1v) is 11.7. The summed E-state index contributed by atoms with van der Waals surface area (Å²) in [7, 11) is 0. The van der Waals surface area contributed by atoms with E-state index in [2.05, 4.69) is 15.2 Å². The number of esters is 1. The number of hydrogen-bond acceptors (Lipinski definition) is 7. The highest BCUT2D eigenvalue weighted by Gasteiger charge is 2.18. The number of carbonyl (C=O) groups is 1. The van der Waals surface area contributed by atoms with Crippen LogP contribution in [0.25, 0.3) is 28.4 Å². The molecule has 0 N–H and O–H groups in total. The maximum absolute atomic E-state index is 13.4. The van der Waals surface area contributed by atoms with Crippen LogP contribution in [0.4, 0.5) is 4.39 Å². The van der Waals surface area contributed by atoms with E-state index in [4.69, 9.17) is 9.15 Å². The molecule has 0 radical (unpaired) electrons. The van der Waals surface area contributed by atoms with Gasteiger partial charge in [-0.15, -0.1) is 10.2 Å². The molecule has 0 saturated carbocycles. The highest BCUT2D eigenvalue weighted by molar-refractivity contribution is 7.99. The number of rotatable bonds is 8. The molecule has 0 aliphatic heterocycles. The zero-order chi connectivity index (χ0) is 24.0. The van der Waals surface area contributed by atoms with Crippen LogP contribution in [0.2, 0.25) is 0 Å². The molecule has 174 valence electrons. The topological polar surface area (TPSA) is 83.0 Å². The zero-order valence-electron chi connectivity index (χ0n) is 18.4. The van der Waals surface area contributed by atoms with Crippen LogP contribution >= 0.6 is 11.8 Å². The van der Waals surface area contributed by atoms with Crippen molar-refractivity contribution >= 4 is 17.7 Å². The molecule has 0 unspecified atom stereocenters. The molecule has 3 aromatic carbocycles. The van der Waals surface area contributed by atoms with Crippen LogP contribution in [0, 0.1) is 5.82 Å². The second-order valence-electron chi connectivity index (χ2n) is 7.42. The van der Waals surface area contributed by atoms with E-state index >= 15 is 0 Å². The van der Waals surface area contributed by atoms with E-state index in [1.165, 1.54) is 23.9 Å². The number of aromatic nitrogens is 4. The lowest BCUT2D eigenvalue weighted by molar-refractivity contribution is -0.142. The van der Waals surface area contributed by atoms with Crippen molar-refractivity contribution in [1.29, 1.82) is 0 Å². The molecule has 5 rings (SSSR count). The van der Waals surface area contributed by atoms with Crippen molar-refractivity contribution in [2.24, 2.45) is 0 Å². The number of ether oxygens (including phenoxy) is 1. The van der Waals surface area contributed by atoms with Crippen molar-refractivity contribution < 1.29 is 18.3 Å². The van der Waals surface area contributed by atoms with Crippen molar-refractivity contribution in [3.05, 3.63) is 103 Å². The summed E-state index contributed by atoms with van der Waals surface area (Å²) in [6, 6.07) is 25.1. The second kappa shape index (κ2) is 10.4. The molecule has 9 heteroatoms. The first-order chi connectivity index (χ1) is 17.2. The first-order valence-electron chi connectivity index (χ1n) is 10.7. The molecule has 0 saturated heterocycles. The third-order valence-electron chi connectivity index (χ3n) is 5.04. The standard InChI is InChI=1S/C26H19FN4O3S/c27-20-13-11-19(12-14-20)25-29-30-26(31(25)21-9-5-2-6-10-21)35-17-24(32)33-16-23-28-15-22(34-23)18-7-3-1-4-8-18/h1-15H,16-17H2. The Morgan fingerprint density at radius 2 is 1.63 bits per heavy atom. The number of nitrogens with zero attached hydrogens (tertiary/aromatic N) is 4. The van der Waals surface area contributed by atoms with Gasteiger partial charge in [-0.25, -0.2) is 9.37 Å². The molecule has 35 heavy (non-hydrogen) atoms. The molecule has 7 nitrogen and oxygen atoms in total. The summed E-state index contributed by atoms with van der Waals surface area (Å²) in [6.07, 6.45) is 1.60. The largest absolute Gasteiger partial charge is 0.455 e. The lowest BCUT2D eigenvalue weighted by atomic mass is 10.2. The third-order valence-corrected chi connectivity index (χ3v) is 5.94. The quantitative estimate of drug-likeness (QED) is 0.210. The maximum atomic E-state index is 13.4. The van der Waals surface area contributed by atoms with Gasteiger partial charge in [0.25, 0.3) is 0 Å². The van der Waals surface area contributed by atoms with E-state index in [1.807, 2.05) is 65.2 Å². The highest BCUT2D eigenvalue weighted by atomic mass is 32.2. The molecule has 0 bridgehead atoms. The van der Waals surface area contributed by atoms with Crippen LogP contribution in [0.3, 0.4) is 0 Å². The summed E-state index contributed by atoms with van der Waals surface area (Å²) < 4.78 is 26.2. The summed E-state index contributed by atoms with van der Waals surface area (Å²) in [5, 5.41) is 9.06.